The van der Waals surface area contributed by atoms with Crippen LogP contribution in [-0.4, -0.2) is 59.1 Å². The molecule has 24 heavy (non-hydrogen) atoms. The van der Waals surface area contributed by atoms with Crippen molar-refractivity contribution < 1.29 is 14.3 Å². The zero-order valence-electron chi connectivity index (χ0n) is 13.9. The molecule has 128 valence electrons. The molecule has 1 heterocycles. The number of nitrogens with zero attached hydrogens (tertiary/aromatic N) is 3. The minimum atomic E-state index is 0.107. The number of hydrogen-bond acceptors (Lipinski definition) is 6. The highest BCUT2D eigenvalue weighted by molar-refractivity contribution is 7.99. The molecule has 0 radical (unpaired) electrons. The van der Waals surface area contributed by atoms with Crippen LogP contribution in [0.5, 0.6) is 11.5 Å². The van der Waals surface area contributed by atoms with Gasteiger partial charge in [0.05, 0.1) is 25.5 Å². The maximum absolute atomic E-state index is 12.1. The summed E-state index contributed by atoms with van der Waals surface area (Å²) >= 11 is 1.33. The number of nitrogens with one attached hydrogen (secondary N) is 1. The maximum atomic E-state index is 12.1. The average molecular weight is 348 g/mol. The molecule has 0 unspecified atom stereocenters. The zero-order chi connectivity index (χ0) is 17.1. The summed E-state index contributed by atoms with van der Waals surface area (Å²) in [5.74, 6) is 2.39. The topological polar surface area (TPSA) is 80.3 Å². The van der Waals surface area contributed by atoms with Crippen molar-refractivity contribution in [3.8, 4) is 22.9 Å². The lowest BCUT2D eigenvalue weighted by Gasteiger charge is -2.14. The fraction of sp³-hybridized carbons (Fsp3) is 0.438. The van der Waals surface area contributed by atoms with E-state index in [1.54, 1.807) is 20.3 Å². The fourth-order valence-electron chi connectivity index (χ4n) is 2.32. The molecule has 7 nitrogen and oxygen atoms in total. The van der Waals surface area contributed by atoms with Gasteiger partial charge < -0.3 is 14.4 Å². The van der Waals surface area contributed by atoms with Gasteiger partial charge in [0.2, 0.25) is 11.1 Å². The predicted octanol–water partition coefficient (Wildman–Crippen LogP) is 2.20. The van der Waals surface area contributed by atoms with Gasteiger partial charge in [0.15, 0.2) is 5.82 Å². The van der Waals surface area contributed by atoms with Crippen LogP contribution < -0.4 is 9.47 Å². The second-order valence-corrected chi connectivity index (χ2v) is 6.50. The number of rotatable bonds is 7. The second-order valence-electron chi connectivity index (χ2n) is 5.56. The number of hydrogen-bond donors (Lipinski definition) is 1. The summed E-state index contributed by atoms with van der Waals surface area (Å²) in [7, 11) is 5.05. The van der Waals surface area contributed by atoms with E-state index in [0.29, 0.717) is 34.3 Å². The van der Waals surface area contributed by atoms with Gasteiger partial charge in [-0.2, -0.15) is 0 Å². The van der Waals surface area contributed by atoms with Crippen molar-refractivity contribution in [1.82, 2.24) is 20.1 Å². The standard InChI is InChI=1S/C16H20N4O3S/c1-20(10-4-5-10)14(21)9-24-16-17-15(18-19-16)12-7-6-11(22-2)8-13(12)23-3/h6-8,10H,4-5,9H2,1-3H3,(H,17,18,19). The van der Waals surface area contributed by atoms with Crippen molar-refractivity contribution in [1.29, 1.82) is 0 Å². The van der Waals surface area contributed by atoms with Crippen LogP contribution in [0.1, 0.15) is 12.8 Å². The van der Waals surface area contributed by atoms with Gasteiger partial charge in [-0.05, 0) is 25.0 Å². The van der Waals surface area contributed by atoms with Gasteiger partial charge in [0.25, 0.3) is 0 Å². The molecule has 1 aliphatic carbocycles. The van der Waals surface area contributed by atoms with Crippen LogP contribution >= 0.6 is 11.8 Å². The summed E-state index contributed by atoms with van der Waals surface area (Å²) in [6, 6.07) is 5.91. The van der Waals surface area contributed by atoms with Crippen LogP contribution in [0.2, 0.25) is 0 Å². The Balaban J connectivity index is 1.68. The lowest BCUT2D eigenvalue weighted by atomic mass is 10.2. The Labute approximate surface area is 144 Å². The first-order chi connectivity index (χ1) is 11.6. The van der Waals surface area contributed by atoms with Gasteiger partial charge in [0, 0.05) is 19.2 Å². The van der Waals surface area contributed by atoms with Gasteiger partial charge in [-0.15, -0.1) is 5.10 Å². The van der Waals surface area contributed by atoms with Crippen LogP contribution in [0.3, 0.4) is 0 Å². The number of benzene rings is 1. The second kappa shape index (κ2) is 7.12. The van der Waals surface area contributed by atoms with Gasteiger partial charge in [-0.3, -0.25) is 9.89 Å². The van der Waals surface area contributed by atoms with Crippen LogP contribution in [0, 0.1) is 0 Å². The Morgan fingerprint density at radius 3 is 2.83 bits per heavy atom. The molecular formula is C16H20N4O3S. The van der Waals surface area contributed by atoms with E-state index in [1.807, 2.05) is 24.1 Å². The first-order valence-electron chi connectivity index (χ1n) is 7.65. The molecule has 2 aromatic rings. The molecule has 3 rings (SSSR count). The van der Waals surface area contributed by atoms with Crippen LogP contribution in [0.25, 0.3) is 11.4 Å². The van der Waals surface area contributed by atoms with Crippen molar-refractivity contribution in [3.63, 3.8) is 0 Å². The maximum Gasteiger partial charge on any atom is 0.233 e. The van der Waals surface area contributed by atoms with Gasteiger partial charge in [0.1, 0.15) is 11.5 Å². The van der Waals surface area contributed by atoms with E-state index >= 15 is 0 Å². The molecule has 1 saturated carbocycles. The highest BCUT2D eigenvalue weighted by atomic mass is 32.2. The normalized spacial score (nSPS) is 13.6. The molecule has 0 atom stereocenters. The van der Waals surface area contributed by atoms with Crippen LogP contribution in [0.15, 0.2) is 23.4 Å². The number of carbonyl (C=O) groups is 1. The molecule has 0 aliphatic heterocycles. The monoisotopic (exact) mass is 348 g/mol. The van der Waals surface area contributed by atoms with Crippen molar-refractivity contribution in [2.45, 2.75) is 24.0 Å². The quantitative estimate of drug-likeness (QED) is 0.773. The van der Waals surface area contributed by atoms with E-state index in [4.69, 9.17) is 9.47 Å². The molecule has 1 N–H and O–H groups in total. The van der Waals surface area contributed by atoms with Gasteiger partial charge >= 0.3 is 0 Å². The van der Waals surface area contributed by atoms with E-state index in [0.717, 1.165) is 18.4 Å². The van der Waals surface area contributed by atoms with Gasteiger partial charge in [-0.1, -0.05) is 11.8 Å². The third-order valence-electron chi connectivity index (χ3n) is 3.94. The molecule has 8 heteroatoms. The summed E-state index contributed by atoms with van der Waals surface area (Å²) in [5.41, 5.74) is 0.791. The van der Waals surface area contributed by atoms with Crippen LogP contribution in [-0.2, 0) is 4.79 Å². The minimum absolute atomic E-state index is 0.107. The highest BCUT2D eigenvalue weighted by Gasteiger charge is 2.29. The summed E-state index contributed by atoms with van der Waals surface area (Å²) in [5, 5.41) is 7.61. The summed E-state index contributed by atoms with van der Waals surface area (Å²) < 4.78 is 10.6. The molecular weight excluding hydrogens is 328 g/mol. The molecule has 1 amide bonds. The number of aromatic amines is 1. The van der Waals surface area contributed by atoms with Crippen LogP contribution in [0.4, 0.5) is 0 Å². The Kier molecular flexibility index (Phi) is 4.94. The minimum Gasteiger partial charge on any atom is -0.497 e. The zero-order valence-corrected chi connectivity index (χ0v) is 14.7. The van der Waals surface area contributed by atoms with Crippen molar-refractivity contribution in [2.75, 3.05) is 27.0 Å². The van der Waals surface area contributed by atoms with E-state index in [9.17, 15) is 4.79 Å². The molecule has 1 fully saturated rings. The number of thioether (sulfide) groups is 1. The number of aromatic nitrogens is 3. The van der Waals surface area contributed by atoms with Crippen molar-refractivity contribution in [3.05, 3.63) is 18.2 Å². The number of carbonyl (C=O) groups excluding carboxylic acids is 1. The van der Waals surface area contributed by atoms with E-state index < -0.39 is 0 Å². The first kappa shape index (κ1) is 16.6. The lowest BCUT2D eigenvalue weighted by molar-refractivity contribution is -0.127. The Morgan fingerprint density at radius 2 is 2.17 bits per heavy atom. The Hall–Kier alpha value is -2.22. The fourth-order valence-corrected chi connectivity index (χ4v) is 3.04. The SMILES string of the molecule is COc1ccc(-c2nc(SCC(=O)N(C)C3CC3)n[nH]2)c(OC)c1. The third-order valence-corrected chi connectivity index (χ3v) is 4.77. The number of methoxy groups -OCH3 is 2. The molecule has 1 aromatic carbocycles. The average Bonchev–Trinajstić information content (AvgIpc) is 3.36. The largest absolute Gasteiger partial charge is 0.497 e. The highest BCUT2D eigenvalue weighted by Crippen LogP contribution is 2.32. The van der Waals surface area contributed by atoms with E-state index in [1.165, 1.54) is 11.8 Å². The van der Waals surface area contributed by atoms with E-state index in [-0.39, 0.29) is 5.91 Å². The molecule has 0 saturated heterocycles. The Bertz CT molecular complexity index is 730. The third kappa shape index (κ3) is 3.64. The number of H-pyrrole nitrogens is 1. The lowest BCUT2D eigenvalue weighted by Crippen LogP contribution is -2.30. The molecule has 1 aliphatic rings. The summed E-state index contributed by atoms with van der Waals surface area (Å²) in [6.45, 7) is 0. The summed E-state index contributed by atoms with van der Waals surface area (Å²) in [6.07, 6.45) is 2.21. The smallest absolute Gasteiger partial charge is 0.233 e. The molecule has 0 bridgehead atoms. The molecule has 0 spiro atoms. The molecule has 1 aromatic heterocycles. The van der Waals surface area contributed by atoms with E-state index in [2.05, 4.69) is 15.2 Å². The summed E-state index contributed by atoms with van der Waals surface area (Å²) in [4.78, 5) is 18.3. The predicted molar refractivity (Wildman–Crippen MR) is 91.4 cm³/mol. The van der Waals surface area contributed by atoms with Gasteiger partial charge in [-0.25, -0.2) is 4.98 Å². The number of amides is 1. The van der Waals surface area contributed by atoms with Crippen molar-refractivity contribution >= 4 is 17.7 Å². The first-order valence-corrected chi connectivity index (χ1v) is 8.64. The Morgan fingerprint density at radius 1 is 1.38 bits per heavy atom. The van der Waals surface area contributed by atoms with Crippen molar-refractivity contribution in [2.24, 2.45) is 0 Å². The number of ether oxygens (including phenoxy) is 2.